The zero-order valence-electron chi connectivity index (χ0n) is 12.1. The van der Waals surface area contributed by atoms with Gasteiger partial charge in [0, 0.05) is 0 Å². The van der Waals surface area contributed by atoms with Crippen LogP contribution >= 0.6 is 11.6 Å². The van der Waals surface area contributed by atoms with E-state index in [4.69, 9.17) is 11.6 Å². The summed E-state index contributed by atoms with van der Waals surface area (Å²) in [6.07, 6.45) is 0.501. The number of carbonyl (C=O) groups excluding carboxylic acids is 1. The molecule has 5 heteroatoms. The standard InChI is InChI=1S/C17H17ClFNO2/c1-11-7-14(15(18)9-16(11)19)17(22)20-13(10-21)8-12-5-3-2-4-6-12/h2-7,9,13,21H,8,10H2,1H3,(H,20,22). The average molecular weight is 322 g/mol. The summed E-state index contributed by atoms with van der Waals surface area (Å²) in [6, 6.07) is 11.6. The highest BCUT2D eigenvalue weighted by Gasteiger charge is 2.17. The molecular weight excluding hydrogens is 305 g/mol. The monoisotopic (exact) mass is 321 g/mol. The van der Waals surface area contributed by atoms with E-state index in [1.54, 1.807) is 6.92 Å². The van der Waals surface area contributed by atoms with Crippen LogP contribution in [-0.2, 0) is 6.42 Å². The molecule has 1 amide bonds. The minimum atomic E-state index is -0.454. The van der Waals surface area contributed by atoms with Gasteiger partial charge in [-0.1, -0.05) is 41.9 Å². The Morgan fingerprint density at radius 1 is 1.32 bits per heavy atom. The Kier molecular flexibility index (Phi) is 5.52. The summed E-state index contributed by atoms with van der Waals surface area (Å²) in [6.45, 7) is 1.37. The van der Waals surface area contributed by atoms with E-state index in [0.29, 0.717) is 12.0 Å². The molecule has 0 spiro atoms. The van der Waals surface area contributed by atoms with Crippen LogP contribution in [0.3, 0.4) is 0 Å². The lowest BCUT2D eigenvalue weighted by Crippen LogP contribution is -2.39. The Morgan fingerprint density at radius 2 is 2.00 bits per heavy atom. The molecule has 0 saturated heterocycles. The Morgan fingerprint density at radius 3 is 2.64 bits per heavy atom. The molecule has 2 aromatic rings. The van der Waals surface area contributed by atoms with Gasteiger partial charge in [-0.3, -0.25) is 4.79 Å². The first kappa shape index (κ1) is 16.5. The molecule has 0 aliphatic heterocycles. The molecule has 2 rings (SSSR count). The van der Waals surface area contributed by atoms with Gasteiger partial charge < -0.3 is 10.4 Å². The van der Waals surface area contributed by atoms with Gasteiger partial charge in [-0.2, -0.15) is 0 Å². The van der Waals surface area contributed by atoms with Gasteiger partial charge in [0.05, 0.1) is 23.2 Å². The number of hydrogen-bond acceptors (Lipinski definition) is 2. The Labute approximate surface area is 133 Å². The third-order valence-corrected chi connectivity index (χ3v) is 3.69. The van der Waals surface area contributed by atoms with Crippen LogP contribution in [0.5, 0.6) is 0 Å². The fourth-order valence-corrected chi connectivity index (χ4v) is 2.39. The molecule has 0 aliphatic carbocycles. The minimum absolute atomic E-state index is 0.0528. The number of halogens is 2. The second-order valence-corrected chi connectivity index (χ2v) is 5.53. The number of aliphatic hydroxyl groups excluding tert-OH is 1. The molecule has 3 nitrogen and oxygen atoms in total. The van der Waals surface area contributed by atoms with Crippen molar-refractivity contribution in [1.29, 1.82) is 0 Å². The molecule has 0 aliphatic rings. The molecule has 2 aromatic carbocycles. The van der Waals surface area contributed by atoms with E-state index >= 15 is 0 Å². The summed E-state index contributed by atoms with van der Waals surface area (Å²) in [7, 11) is 0. The van der Waals surface area contributed by atoms with Gasteiger partial charge in [0.2, 0.25) is 0 Å². The van der Waals surface area contributed by atoms with E-state index in [2.05, 4.69) is 5.32 Å². The van der Waals surface area contributed by atoms with Crippen LogP contribution in [-0.4, -0.2) is 23.7 Å². The van der Waals surface area contributed by atoms with Crippen molar-refractivity contribution in [2.24, 2.45) is 0 Å². The van der Waals surface area contributed by atoms with E-state index in [9.17, 15) is 14.3 Å². The number of aliphatic hydroxyl groups is 1. The largest absolute Gasteiger partial charge is 0.394 e. The lowest BCUT2D eigenvalue weighted by atomic mass is 10.1. The first-order valence-corrected chi connectivity index (χ1v) is 7.30. The SMILES string of the molecule is Cc1cc(C(=O)NC(CO)Cc2ccccc2)c(Cl)cc1F. The third-order valence-electron chi connectivity index (χ3n) is 3.37. The summed E-state index contributed by atoms with van der Waals surface area (Å²) < 4.78 is 13.4. The lowest BCUT2D eigenvalue weighted by molar-refractivity contribution is 0.0916. The fraction of sp³-hybridized carbons (Fsp3) is 0.235. The van der Waals surface area contributed by atoms with Gasteiger partial charge in [0.1, 0.15) is 5.82 Å². The zero-order valence-corrected chi connectivity index (χ0v) is 12.9. The van der Waals surface area contributed by atoms with E-state index in [0.717, 1.165) is 11.6 Å². The summed E-state index contributed by atoms with van der Waals surface area (Å²) in [5, 5.41) is 12.2. The lowest BCUT2D eigenvalue weighted by Gasteiger charge is -2.17. The average Bonchev–Trinajstić information content (AvgIpc) is 2.51. The highest BCUT2D eigenvalue weighted by Crippen LogP contribution is 2.20. The molecule has 0 heterocycles. The van der Waals surface area contributed by atoms with Crippen molar-refractivity contribution in [2.45, 2.75) is 19.4 Å². The molecule has 0 radical (unpaired) electrons. The molecule has 1 atom stereocenters. The van der Waals surface area contributed by atoms with Gasteiger partial charge in [0.15, 0.2) is 0 Å². The predicted octanol–water partition coefficient (Wildman–Crippen LogP) is 3.12. The van der Waals surface area contributed by atoms with Crippen LogP contribution in [0.15, 0.2) is 42.5 Å². The second-order valence-electron chi connectivity index (χ2n) is 5.12. The van der Waals surface area contributed by atoms with E-state index in [1.807, 2.05) is 30.3 Å². The molecule has 0 bridgehead atoms. The smallest absolute Gasteiger partial charge is 0.253 e. The second kappa shape index (κ2) is 7.38. The van der Waals surface area contributed by atoms with E-state index in [-0.39, 0.29) is 17.2 Å². The van der Waals surface area contributed by atoms with Crippen LogP contribution in [0.2, 0.25) is 5.02 Å². The molecule has 0 aromatic heterocycles. The van der Waals surface area contributed by atoms with Crippen molar-refractivity contribution >= 4 is 17.5 Å². The molecule has 1 unspecified atom stereocenters. The fourth-order valence-electron chi connectivity index (χ4n) is 2.15. The van der Waals surface area contributed by atoms with Crippen molar-refractivity contribution in [2.75, 3.05) is 6.61 Å². The number of nitrogens with one attached hydrogen (secondary N) is 1. The third kappa shape index (κ3) is 4.06. The maximum absolute atomic E-state index is 13.4. The number of amides is 1. The number of carbonyl (C=O) groups is 1. The van der Waals surface area contributed by atoms with Crippen LogP contribution in [0.4, 0.5) is 4.39 Å². The van der Waals surface area contributed by atoms with Crippen LogP contribution in [0.1, 0.15) is 21.5 Å². The zero-order chi connectivity index (χ0) is 16.1. The minimum Gasteiger partial charge on any atom is -0.394 e. The molecular formula is C17H17ClFNO2. The van der Waals surface area contributed by atoms with Crippen LogP contribution in [0, 0.1) is 12.7 Å². The number of aryl methyl sites for hydroxylation is 1. The summed E-state index contributed by atoms with van der Waals surface area (Å²) in [4.78, 5) is 12.3. The van der Waals surface area contributed by atoms with E-state index in [1.165, 1.54) is 6.07 Å². The first-order valence-electron chi connectivity index (χ1n) is 6.92. The van der Waals surface area contributed by atoms with E-state index < -0.39 is 17.8 Å². The topological polar surface area (TPSA) is 49.3 Å². The molecule has 0 saturated carbocycles. The van der Waals surface area contributed by atoms with Gasteiger partial charge in [-0.25, -0.2) is 4.39 Å². The Bertz CT molecular complexity index is 661. The predicted molar refractivity (Wildman–Crippen MR) is 84.6 cm³/mol. The molecule has 22 heavy (non-hydrogen) atoms. The summed E-state index contributed by atoms with van der Waals surface area (Å²) in [5.74, 6) is -0.882. The molecule has 0 fully saturated rings. The van der Waals surface area contributed by atoms with Crippen LogP contribution in [0.25, 0.3) is 0 Å². The highest BCUT2D eigenvalue weighted by molar-refractivity contribution is 6.33. The number of benzene rings is 2. The van der Waals surface area contributed by atoms with Gasteiger partial charge >= 0.3 is 0 Å². The highest BCUT2D eigenvalue weighted by atomic mass is 35.5. The van der Waals surface area contributed by atoms with Gasteiger partial charge in [-0.15, -0.1) is 0 Å². The summed E-state index contributed by atoms with van der Waals surface area (Å²) in [5.41, 5.74) is 1.55. The van der Waals surface area contributed by atoms with Crippen LogP contribution < -0.4 is 5.32 Å². The normalized spacial score (nSPS) is 12.0. The van der Waals surface area contributed by atoms with Gasteiger partial charge in [0.25, 0.3) is 5.91 Å². The molecule has 116 valence electrons. The maximum atomic E-state index is 13.4. The number of rotatable bonds is 5. The van der Waals surface area contributed by atoms with Crippen molar-refractivity contribution in [3.8, 4) is 0 Å². The maximum Gasteiger partial charge on any atom is 0.253 e. The Balaban J connectivity index is 2.11. The van der Waals surface area contributed by atoms with Gasteiger partial charge in [-0.05, 0) is 36.6 Å². The van der Waals surface area contributed by atoms with Crippen molar-refractivity contribution in [1.82, 2.24) is 5.32 Å². The Hall–Kier alpha value is -1.91. The summed E-state index contributed by atoms with van der Waals surface area (Å²) >= 11 is 5.92. The quantitative estimate of drug-likeness (QED) is 0.889. The first-order chi connectivity index (χ1) is 10.5. The van der Waals surface area contributed by atoms with Crippen molar-refractivity contribution in [3.63, 3.8) is 0 Å². The van der Waals surface area contributed by atoms with Crippen molar-refractivity contribution < 1.29 is 14.3 Å². The van der Waals surface area contributed by atoms with Crippen molar-refractivity contribution in [3.05, 3.63) is 70.0 Å². The number of hydrogen-bond donors (Lipinski definition) is 2. The molecule has 2 N–H and O–H groups in total.